The van der Waals surface area contributed by atoms with Crippen LogP contribution in [0.3, 0.4) is 0 Å². The number of hydrogen-bond acceptors (Lipinski definition) is 5. The van der Waals surface area contributed by atoms with Crippen molar-refractivity contribution in [3.63, 3.8) is 0 Å². The van der Waals surface area contributed by atoms with E-state index in [0.29, 0.717) is 24.6 Å². The Morgan fingerprint density at radius 2 is 2.29 bits per heavy atom. The average Bonchev–Trinajstić information content (AvgIpc) is 2.99. The molecule has 0 aliphatic carbocycles. The zero-order chi connectivity index (χ0) is 14.9. The number of hydrogen-bond donors (Lipinski definition) is 1. The van der Waals surface area contributed by atoms with Crippen LogP contribution in [0.25, 0.3) is 11.4 Å². The number of aromatic nitrogens is 3. The second-order valence-electron chi connectivity index (χ2n) is 4.81. The molecule has 1 amide bonds. The molecule has 2 heterocycles. The summed E-state index contributed by atoms with van der Waals surface area (Å²) in [4.78, 5) is 19.9. The molecule has 0 unspecified atom stereocenters. The van der Waals surface area contributed by atoms with E-state index in [1.54, 1.807) is 12.4 Å². The third-order valence-corrected chi connectivity index (χ3v) is 3.06. The van der Waals surface area contributed by atoms with E-state index in [2.05, 4.69) is 27.4 Å². The Bertz CT molecular complexity index is 554. The third kappa shape index (κ3) is 4.98. The second-order valence-corrected chi connectivity index (χ2v) is 4.81. The summed E-state index contributed by atoms with van der Waals surface area (Å²) in [6.45, 7) is 2.87. The van der Waals surface area contributed by atoms with Crippen molar-refractivity contribution in [2.24, 2.45) is 0 Å². The minimum atomic E-state index is 0.0206. The normalized spacial score (nSPS) is 10.5. The van der Waals surface area contributed by atoms with Gasteiger partial charge in [0.05, 0.1) is 0 Å². The molecule has 112 valence electrons. The predicted molar refractivity (Wildman–Crippen MR) is 78.4 cm³/mol. The first-order chi connectivity index (χ1) is 10.3. The number of carbonyl (C=O) groups excluding carboxylic acids is 1. The molecule has 0 radical (unpaired) electrons. The van der Waals surface area contributed by atoms with E-state index in [1.165, 1.54) is 0 Å². The zero-order valence-electron chi connectivity index (χ0n) is 12.2. The highest BCUT2D eigenvalue weighted by Gasteiger charge is 2.10. The molecule has 1 N–H and O–H groups in total. The van der Waals surface area contributed by atoms with Gasteiger partial charge in [-0.25, -0.2) is 0 Å². The molecule has 0 saturated carbocycles. The number of unbranched alkanes of at least 4 members (excludes halogenated alkanes) is 2. The van der Waals surface area contributed by atoms with Crippen LogP contribution in [0, 0.1) is 0 Å². The molecule has 0 bridgehead atoms. The number of carbonyl (C=O) groups is 1. The summed E-state index contributed by atoms with van der Waals surface area (Å²) in [6.07, 6.45) is 7.48. The summed E-state index contributed by atoms with van der Waals surface area (Å²) >= 11 is 0. The van der Waals surface area contributed by atoms with E-state index in [1.807, 2.05) is 12.1 Å². The van der Waals surface area contributed by atoms with E-state index in [0.717, 1.165) is 31.4 Å². The van der Waals surface area contributed by atoms with Gasteiger partial charge in [-0.15, -0.1) is 0 Å². The molecule has 0 aliphatic heterocycles. The van der Waals surface area contributed by atoms with Gasteiger partial charge in [0.15, 0.2) is 0 Å². The summed E-state index contributed by atoms with van der Waals surface area (Å²) in [5.41, 5.74) is 0.802. The molecule has 21 heavy (non-hydrogen) atoms. The zero-order valence-corrected chi connectivity index (χ0v) is 12.2. The van der Waals surface area contributed by atoms with Gasteiger partial charge in [0.1, 0.15) is 0 Å². The minimum absolute atomic E-state index is 0.0206. The summed E-state index contributed by atoms with van der Waals surface area (Å²) < 4.78 is 5.14. The average molecular weight is 288 g/mol. The Balaban J connectivity index is 1.77. The van der Waals surface area contributed by atoms with Gasteiger partial charge in [-0.1, -0.05) is 24.9 Å². The van der Waals surface area contributed by atoms with E-state index in [9.17, 15) is 4.79 Å². The van der Waals surface area contributed by atoms with Crippen LogP contribution in [0.2, 0.25) is 0 Å². The van der Waals surface area contributed by atoms with Gasteiger partial charge >= 0.3 is 0 Å². The van der Waals surface area contributed by atoms with Crippen LogP contribution in [-0.2, 0) is 11.2 Å². The third-order valence-electron chi connectivity index (χ3n) is 3.06. The lowest BCUT2D eigenvalue weighted by atomic mass is 10.2. The maximum Gasteiger partial charge on any atom is 0.227 e. The number of aryl methyl sites for hydroxylation is 1. The van der Waals surface area contributed by atoms with Crippen LogP contribution in [0.15, 0.2) is 29.0 Å². The van der Waals surface area contributed by atoms with Gasteiger partial charge in [-0.2, -0.15) is 4.98 Å². The first-order valence-corrected chi connectivity index (χ1v) is 7.29. The monoisotopic (exact) mass is 288 g/mol. The highest BCUT2D eigenvalue weighted by molar-refractivity contribution is 5.75. The van der Waals surface area contributed by atoms with Gasteiger partial charge < -0.3 is 9.84 Å². The molecule has 0 fully saturated rings. The maximum atomic E-state index is 11.6. The minimum Gasteiger partial charge on any atom is -0.356 e. The number of pyridine rings is 1. The SMILES string of the molecule is CCCCCNC(=O)CCc1nc(-c2cccnc2)no1. The number of rotatable bonds is 8. The second kappa shape index (κ2) is 8.14. The maximum absolute atomic E-state index is 11.6. The van der Waals surface area contributed by atoms with Crippen molar-refractivity contribution in [3.8, 4) is 11.4 Å². The first kappa shape index (κ1) is 15.2. The van der Waals surface area contributed by atoms with Crippen LogP contribution in [0.5, 0.6) is 0 Å². The highest BCUT2D eigenvalue weighted by Crippen LogP contribution is 2.14. The fraction of sp³-hybridized carbons (Fsp3) is 0.467. The molecule has 6 nitrogen and oxygen atoms in total. The highest BCUT2D eigenvalue weighted by atomic mass is 16.5. The van der Waals surface area contributed by atoms with Gasteiger partial charge in [-0.05, 0) is 18.6 Å². The van der Waals surface area contributed by atoms with E-state index in [-0.39, 0.29) is 5.91 Å². The number of nitrogens with one attached hydrogen (secondary N) is 1. The Kier molecular flexibility index (Phi) is 5.87. The van der Waals surface area contributed by atoms with Crippen molar-refractivity contribution in [1.29, 1.82) is 0 Å². The van der Waals surface area contributed by atoms with Gasteiger partial charge in [0.25, 0.3) is 0 Å². The van der Waals surface area contributed by atoms with Gasteiger partial charge in [0.2, 0.25) is 17.6 Å². The van der Waals surface area contributed by atoms with Crippen LogP contribution in [-0.4, -0.2) is 27.6 Å². The van der Waals surface area contributed by atoms with Crippen LogP contribution in [0.1, 0.15) is 38.5 Å². The molecular weight excluding hydrogens is 268 g/mol. The van der Waals surface area contributed by atoms with Crippen molar-refractivity contribution in [2.75, 3.05) is 6.54 Å². The number of amides is 1. The Morgan fingerprint density at radius 1 is 1.38 bits per heavy atom. The van der Waals surface area contributed by atoms with Crippen molar-refractivity contribution in [2.45, 2.75) is 39.0 Å². The largest absolute Gasteiger partial charge is 0.356 e. The smallest absolute Gasteiger partial charge is 0.227 e. The fourth-order valence-corrected chi connectivity index (χ4v) is 1.88. The van der Waals surface area contributed by atoms with Crippen molar-refractivity contribution < 1.29 is 9.32 Å². The van der Waals surface area contributed by atoms with E-state index in [4.69, 9.17) is 4.52 Å². The molecule has 6 heteroatoms. The molecule has 0 aliphatic rings. The number of nitrogens with zero attached hydrogens (tertiary/aromatic N) is 3. The standard InChI is InChI=1S/C15H20N4O2/c1-2-3-4-10-17-13(20)7-8-14-18-15(19-21-14)12-6-5-9-16-11-12/h5-6,9,11H,2-4,7-8,10H2,1H3,(H,17,20). The van der Waals surface area contributed by atoms with Crippen LogP contribution >= 0.6 is 0 Å². The molecule has 0 spiro atoms. The first-order valence-electron chi connectivity index (χ1n) is 7.29. The summed E-state index contributed by atoms with van der Waals surface area (Å²) in [6, 6.07) is 3.68. The predicted octanol–water partition coefficient (Wildman–Crippen LogP) is 2.37. The Hall–Kier alpha value is -2.24. The Labute approximate surface area is 124 Å². The topological polar surface area (TPSA) is 80.9 Å². The molecule has 2 rings (SSSR count). The summed E-state index contributed by atoms with van der Waals surface area (Å²) in [5.74, 6) is 0.992. The van der Waals surface area contributed by atoms with Crippen molar-refractivity contribution in [3.05, 3.63) is 30.4 Å². The molecule has 2 aromatic heterocycles. The summed E-state index contributed by atoms with van der Waals surface area (Å²) in [7, 11) is 0. The lowest BCUT2D eigenvalue weighted by Crippen LogP contribution is -2.24. The van der Waals surface area contributed by atoms with E-state index < -0.39 is 0 Å². The lowest BCUT2D eigenvalue weighted by molar-refractivity contribution is -0.121. The van der Waals surface area contributed by atoms with Crippen molar-refractivity contribution >= 4 is 5.91 Å². The van der Waals surface area contributed by atoms with Crippen molar-refractivity contribution in [1.82, 2.24) is 20.4 Å². The Morgan fingerprint density at radius 3 is 3.05 bits per heavy atom. The molecule has 0 atom stereocenters. The quantitative estimate of drug-likeness (QED) is 0.754. The molecule has 2 aromatic rings. The van der Waals surface area contributed by atoms with Gasteiger partial charge in [-0.3, -0.25) is 9.78 Å². The van der Waals surface area contributed by atoms with Gasteiger partial charge in [0, 0.05) is 37.3 Å². The summed E-state index contributed by atoms with van der Waals surface area (Å²) in [5, 5.41) is 6.78. The van der Waals surface area contributed by atoms with Crippen LogP contribution in [0.4, 0.5) is 0 Å². The lowest BCUT2D eigenvalue weighted by Gasteiger charge is -2.02. The molecule has 0 aromatic carbocycles. The molecule has 0 saturated heterocycles. The van der Waals surface area contributed by atoms with E-state index >= 15 is 0 Å². The van der Waals surface area contributed by atoms with Crippen LogP contribution < -0.4 is 5.32 Å². The molecular formula is C15H20N4O2. The fourth-order valence-electron chi connectivity index (χ4n) is 1.88.